The number of hydrogen-bond donors (Lipinski definition) is 1. The zero-order chi connectivity index (χ0) is 24.6. The summed E-state index contributed by atoms with van der Waals surface area (Å²) in [6, 6.07) is 41.5. The van der Waals surface area contributed by atoms with Gasteiger partial charge in [-0.3, -0.25) is 14.6 Å². The molecule has 0 radical (unpaired) electrons. The fourth-order valence-electron chi connectivity index (χ4n) is 5.20. The minimum Gasteiger partial charge on any atom is -0.308 e. The van der Waals surface area contributed by atoms with E-state index in [0.717, 1.165) is 37.4 Å². The Morgan fingerprint density at radius 3 is 1.72 bits per heavy atom. The smallest absolute Gasteiger partial charge is 0.245 e. The van der Waals surface area contributed by atoms with Crippen LogP contribution in [0.25, 0.3) is 0 Å². The molecule has 1 heterocycles. The first-order valence-electron chi connectivity index (χ1n) is 12.8. The van der Waals surface area contributed by atoms with Gasteiger partial charge in [0.1, 0.15) is 0 Å². The van der Waals surface area contributed by atoms with Gasteiger partial charge < -0.3 is 5.32 Å². The molecule has 0 aromatic heterocycles. The molecule has 4 heteroatoms. The van der Waals surface area contributed by atoms with Gasteiger partial charge in [-0.05, 0) is 60.8 Å². The highest BCUT2D eigenvalue weighted by Crippen LogP contribution is 2.33. The summed E-state index contributed by atoms with van der Waals surface area (Å²) in [4.78, 5) is 17.7. The standard InChI is InChI=1S/C32H33N3O/c36-31(35(29-17-9-3-10-18-29)30-19-11-4-12-20-30)24-33-23-26-21-22-34(25-26)32(27-13-5-1-6-14-27)28-15-7-2-8-16-28/h1-20,26,32-33H,21-25H2/t26-/m0/s1. The van der Waals surface area contributed by atoms with Gasteiger partial charge in [0, 0.05) is 17.9 Å². The fraction of sp³-hybridized carbons (Fsp3) is 0.219. The van der Waals surface area contributed by atoms with Crippen LogP contribution in [0, 0.1) is 5.92 Å². The average molecular weight is 476 g/mol. The van der Waals surface area contributed by atoms with Gasteiger partial charge in [-0.1, -0.05) is 97.1 Å². The molecule has 0 saturated carbocycles. The number of para-hydroxylation sites is 2. The predicted octanol–water partition coefficient (Wildman–Crippen LogP) is 6.05. The molecule has 4 aromatic carbocycles. The Labute approximate surface area is 214 Å². The Morgan fingerprint density at radius 1 is 0.750 bits per heavy atom. The van der Waals surface area contributed by atoms with Crippen LogP contribution in [0.3, 0.4) is 0 Å². The number of nitrogens with one attached hydrogen (secondary N) is 1. The molecule has 5 rings (SSSR count). The Kier molecular flexibility index (Phi) is 7.86. The number of carbonyl (C=O) groups excluding carboxylic acids is 1. The van der Waals surface area contributed by atoms with Crippen molar-refractivity contribution in [3.63, 3.8) is 0 Å². The van der Waals surface area contributed by atoms with Gasteiger partial charge in [-0.25, -0.2) is 0 Å². The van der Waals surface area contributed by atoms with Crippen LogP contribution >= 0.6 is 0 Å². The Morgan fingerprint density at radius 2 is 1.22 bits per heavy atom. The molecule has 1 fully saturated rings. The van der Waals surface area contributed by atoms with Crippen LogP contribution in [0.2, 0.25) is 0 Å². The van der Waals surface area contributed by atoms with Crippen LogP contribution in [0.1, 0.15) is 23.6 Å². The Hall–Kier alpha value is -3.73. The lowest BCUT2D eigenvalue weighted by molar-refractivity contribution is -0.117. The molecule has 36 heavy (non-hydrogen) atoms. The maximum Gasteiger partial charge on any atom is 0.245 e. The first-order chi connectivity index (χ1) is 17.8. The van der Waals surface area contributed by atoms with Crippen LogP contribution < -0.4 is 10.2 Å². The zero-order valence-electron chi connectivity index (χ0n) is 20.5. The van der Waals surface area contributed by atoms with E-state index in [9.17, 15) is 4.79 Å². The van der Waals surface area contributed by atoms with Crippen molar-refractivity contribution in [3.8, 4) is 0 Å². The molecule has 0 bridgehead atoms. The predicted molar refractivity (Wildman–Crippen MR) is 147 cm³/mol. The third-order valence-corrected chi connectivity index (χ3v) is 6.90. The van der Waals surface area contributed by atoms with Crippen LogP contribution in [0.15, 0.2) is 121 Å². The average Bonchev–Trinajstić information content (AvgIpc) is 3.40. The molecule has 0 unspecified atom stereocenters. The number of carbonyl (C=O) groups is 1. The molecular formula is C32H33N3O. The maximum atomic E-state index is 13.3. The highest BCUT2D eigenvalue weighted by Gasteiger charge is 2.30. The van der Waals surface area contributed by atoms with E-state index in [-0.39, 0.29) is 11.9 Å². The van der Waals surface area contributed by atoms with Crippen molar-refractivity contribution >= 4 is 17.3 Å². The third-order valence-electron chi connectivity index (χ3n) is 6.90. The number of anilines is 2. The summed E-state index contributed by atoms with van der Waals surface area (Å²) in [6.45, 7) is 3.20. The quantitative estimate of drug-likeness (QED) is 0.320. The second kappa shape index (κ2) is 11.8. The minimum atomic E-state index is 0.0497. The number of rotatable bonds is 9. The molecule has 182 valence electrons. The SMILES string of the molecule is O=C(CNC[C@@H]1CCN(C(c2ccccc2)c2ccccc2)C1)N(c1ccccc1)c1ccccc1. The number of benzene rings is 4. The summed E-state index contributed by atoms with van der Waals surface area (Å²) in [5.41, 5.74) is 4.43. The molecule has 0 aliphatic carbocycles. The van der Waals surface area contributed by atoms with E-state index in [4.69, 9.17) is 0 Å². The summed E-state index contributed by atoms with van der Waals surface area (Å²) in [6.07, 6.45) is 1.12. The number of amides is 1. The van der Waals surface area contributed by atoms with Crippen molar-refractivity contribution in [1.29, 1.82) is 0 Å². The lowest BCUT2D eigenvalue weighted by Gasteiger charge is -2.29. The summed E-state index contributed by atoms with van der Waals surface area (Å²) in [5.74, 6) is 0.559. The van der Waals surface area contributed by atoms with Gasteiger partial charge in [0.05, 0.1) is 12.6 Å². The van der Waals surface area contributed by atoms with Gasteiger partial charge in [-0.15, -0.1) is 0 Å². The molecule has 1 aliphatic heterocycles. The van der Waals surface area contributed by atoms with Gasteiger partial charge in [0.25, 0.3) is 0 Å². The van der Waals surface area contributed by atoms with Crippen molar-refractivity contribution in [1.82, 2.24) is 10.2 Å². The first-order valence-corrected chi connectivity index (χ1v) is 12.8. The van der Waals surface area contributed by atoms with Crippen LogP contribution in [0.4, 0.5) is 11.4 Å². The van der Waals surface area contributed by atoms with Crippen molar-refractivity contribution in [2.75, 3.05) is 31.1 Å². The fourth-order valence-corrected chi connectivity index (χ4v) is 5.20. The third kappa shape index (κ3) is 5.73. The van der Waals surface area contributed by atoms with Crippen molar-refractivity contribution in [2.45, 2.75) is 12.5 Å². The molecule has 4 nitrogen and oxygen atoms in total. The zero-order valence-corrected chi connectivity index (χ0v) is 20.5. The molecular weight excluding hydrogens is 442 g/mol. The molecule has 1 atom stereocenters. The summed E-state index contributed by atoms with van der Waals surface area (Å²) in [7, 11) is 0. The van der Waals surface area contributed by atoms with E-state index >= 15 is 0 Å². The minimum absolute atomic E-state index is 0.0497. The normalized spacial score (nSPS) is 15.8. The van der Waals surface area contributed by atoms with E-state index in [2.05, 4.69) is 70.9 Å². The first kappa shape index (κ1) is 24.0. The molecule has 1 amide bonds. The summed E-state index contributed by atoms with van der Waals surface area (Å²) in [5, 5.41) is 3.47. The lowest BCUT2D eigenvalue weighted by atomic mass is 9.97. The van der Waals surface area contributed by atoms with Gasteiger partial charge >= 0.3 is 0 Å². The highest BCUT2D eigenvalue weighted by molar-refractivity contribution is 6.01. The number of likely N-dealkylation sites (tertiary alicyclic amines) is 1. The van der Waals surface area contributed by atoms with Crippen LogP contribution in [-0.4, -0.2) is 37.0 Å². The van der Waals surface area contributed by atoms with Gasteiger partial charge in [-0.2, -0.15) is 0 Å². The highest BCUT2D eigenvalue weighted by atomic mass is 16.2. The monoisotopic (exact) mass is 475 g/mol. The van der Waals surface area contributed by atoms with Crippen LogP contribution in [-0.2, 0) is 4.79 Å². The maximum absolute atomic E-state index is 13.3. The largest absolute Gasteiger partial charge is 0.308 e. The molecule has 4 aromatic rings. The number of hydrogen-bond acceptors (Lipinski definition) is 3. The second-order valence-electron chi connectivity index (χ2n) is 9.40. The lowest BCUT2D eigenvalue weighted by Crippen LogP contribution is -2.37. The Bertz CT molecular complexity index is 1140. The molecule has 0 spiro atoms. The van der Waals surface area contributed by atoms with E-state index in [1.807, 2.05) is 60.7 Å². The molecule has 1 aliphatic rings. The van der Waals surface area contributed by atoms with E-state index in [1.165, 1.54) is 11.1 Å². The molecule has 1 saturated heterocycles. The molecule has 1 N–H and O–H groups in total. The number of nitrogens with zero attached hydrogens (tertiary/aromatic N) is 2. The van der Waals surface area contributed by atoms with Gasteiger partial charge in [0.15, 0.2) is 0 Å². The van der Waals surface area contributed by atoms with E-state index < -0.39 is 0 Å². The summed E-state index contributed by atoms with van der Waals surface area (Å²) < 4.78 is 0. The summed E-state index contributed by atoms with van der Waals surface area (Å²) >= 11 is 0. The topological polar surface area (TPSA) is 35.6 Å². The Balaban J connectivity index is 1.22. The second-order valence-corrected chi connectivity index (χ2v) is 9.40. The van der Waals surface area contributed by atoms with Crippen molar-refractivity contribution in [2.24, 2.45) is 5.92 Å². The van der Waals surface area contributed by atoms with Crippen molar-refractivity contribution < 1.29 is 4.79 Å². The van der Waals surface area contributed by atoms with E-state index in [0.29, 0.717) is 12.5 Å². The van der Waals surface area contributed by atoms with E-state index in [1.54, 1.807) is 4.90 Å². The van der Waals surface area contributed by atoms with Crippen LogP contribution in [0.5, 0.6) is 0 Å². The van der Waals surface area contributed by atoms with Crippen molar-refractivity contribution in [3.05, 3.63) is 132 Å². The van der Waals surface area contributed by atoms with Gasteiger partial charge in [0.2, 0.25) is 5.91 Å².